The predicted octanol–water partition coefficient (Wildman–Crippen LogP) is 3.78. The predicted molar refractivity (Wildman–Crippen MR) is 105 cm³/mol. The summed E-state index contributed by atoms with van der Waals surface area (Å²) >= 11 is 3.04. The highest BCUT2D eigenvalue weighted by Gasteiger charge is 2.14. The molecule has 0 saturated heterocycles. The van der Waals surface area contributed by atoms with Gasteiger partial charge >= 0.3 is 0 Å². The van der Waals surface area contributed by atoms with E-state index >= 15 is 0 Å². The number of aromatic nitrogens is 4. The number of nitrogens with zero attached hydrogens (tertiary/aromatic N) is 4. The van der Waals surface area contributed by atoms with Crippen LogP contribution in [0.25, 0.3) is 26.3 Å². The van der Waals surface area contributed by atoms with Crippen molar-refractivity contribution in [3.8, 4) is 0 Å². The van der Waals surface area contributed by atoms with Crippen LogP contribution in [0.1, 0.15) is 16.1 Å². The number of hydrogen-bond acceptors (Lipinski definition) is 5. The van der Waals surface area contributed by atoms with Crippen LogP contribution < -0.4 is 5.32 Å². The first-order valence-electron chi connectivity index (χ1n) is 8.33. The zero-order valence-corrected chi connectivity index (χ0v) is 15.4. The van der Waals surface area contributed by atoms with E-state index in [0.717, 1.165) is 39.3 Å². The number of thiazole rings is 1. The van der Waals surface area contributed by atoms with Crippen molar-refractivity contribution in [1.82, 2.24) is 24.3 Å². The number of amides is 1. The maximum absolute atomic E-state index is 12.4. The molecule has 4 aromatic heterocycles. The second kappa shape index (κ2) is 6.22. The van der Waals surface area contributed by atoms with Crippen molar-refractivity contribution in [3.05, 3.63) is 53.1 Å². The molecule has 0 unspecified atom stereocenters. The molecule has 1 N–H and O–H groups in total. The molecule has 26 heavy (non-hydrogen) atoms. The van der Waals surface area contributed by atoms with Gasteiger partial charge in [0, 0.05) is 24.7 Å². The number of hydrogen-bond donors (Lipinski definition) is 1. The van der Waals surface area contributed by atoms with Crippen molar-refractivity contribution in [2.24, 2.45) is 0 Å². The molecule has 8 heteroatoms. The summed E-state index contributed by atoms with van der Waals surface area (Å²) in [5, 5.41) is 5.00. The number of carbonyl (C=O) groups is 1. The van der Waals surface area contributed by atoms with Gasteiger partial charge in [-0.3, -0.25) is 9.20 Å². The van der Waals surface area contributed by atoms with Crippen LogP contribution in [0.15, 0.2) is 48.2 Å². The van der Waals surface area contributed by atoms with Crippen molar-refractivity contribution >= 4 is 54.9 Å². The fourth-order valence-electron chi connectivity index (χ4n) is 3.09. The van der Waals surface area contributed by atoms with Crippen molar-refractivity contribution in [3.63, 3.8) is 0 Å². The fraction of sp³-hybridized carbons (Fsp3) is 0.167. The largest absolute Gasteiger partial charge is 0.351 e. The Morgan fingerprint density at radius 3 is 3.12 bits per heavy atom. The van der Waals surface area contributed by atoms with Crippen LogP contribution >= 0.6 is 22.7 Å². The average Bonchev–Trinajstić information content (AvgIpc) is 3.39. The molecule has 5 rings (SSSR count). The first kappa shape index (κ1) is 15.5. The molecule has 5 aromatic rings. The van der Waals surface area contributed by atoms with Crippen LogP contribution in [-0.2, 0) is 6.54 Å². The Morgan fingerprint density at radius 2 is 2.15 bits per heavy atom. The van der Waals surface area contributed by atoms with Gasteiger partial charge < -0.3 is 9.88 Å². The number of benzene rings is 1. The number of fused-ring (bicyclic) bond motifs is 4. The minimum atomic E-state index is -0.0348. The quantitative estimate of drug-likeness (QED) is 0.471. The summed E-state index contributed by atoms with van der Waals surface area (Å²) in [5.74, 6) is -0.0348. The van der Waals surface area contributed by atoms with E-state index in [4.69, 9.17) is 0 Å². The minimum absolute atomic E-state index is 0.0348. The molecule has 0 aliphatic rings. The fourth-order valence-corrected chi connectivity index (χ4v) is 4.80. The molecular formula is C18H15N5OS2. The molecule has 0 aliphatic heterocycles. The molecule has 4 heterocycles. The number of imidazole rings is 2. The molecule has 6 nitrogen and oxygen atoms in total. The lowest BCUT2D eigenvalue weighted by Crippen LogP contribution is -2.24. The first-order valence-corrected chi connectivity index (χ1v) is 10.0. The normalized spacial score (nSPS) is 11.7. The summed E-state index contributed by atoms with van der Waals surface area (Å²) in [7, 11) is 0. The van der Waals surface area contributed by atoms with E-state index in [1.165, 1.54) is 11.3 Å². The molecule has 0 atom stereocenters. The molecule has 0 spiro atoms. The van der Waals surface area contributed by atoms with E-state index in [-0.39, 0.29) is 5.91 Å². The van der Waals surface area contributed by atoms with E-state index < -0.39 is 0 Å². The van der Waals surface area contributed by atoms with Gasteiger partial charge in [-0.1, -0.05) is 12.1 Å². The summed E-state index contributed by atoms with van der Waals surface area (Å²) in [5.41, 5.74) is 3.12. The molecule has 0 radical (unpaired) electrons. The van der Waals surface area contributed by atoms with Crippen molar-refractivity contribution < 1.29 is 4.79 Å². The monoisotopic (exact) mass is 381 g/mol. The zero-order valence-electron chi connectivity index (χ0n) is 13.8. The number of rotatable bonds is 5. The second-order valence-corrected chi connectivity index (χ2v) is 7.91. The highest BCUT2D eigenvalue weighted by atomic mass is 32.1. The lowest BCUT2D eigenvalue weighted by atomic mass is 10.3. The summed E-state index contributed by atoms with van der Waals surface area (Å²) in [4.78, 5) is 23.9. The lowest BCUT2D eigenvalue weighted by molar-refractivity contribution is 0.0957. The molecule has 0 saturated carbocycles. The second-order valence-electron chi connectivity index (χ2n) is 6.00. The van der Waals surface area contributed by atoms with Crippen LogP contribution in [0, 0.1) is 0 Å². The Bertz CT molecular complexity index is 1230. The molecule has 130 valence electrons. The van der Waals surface area contributed by atoms with Gasteiger partial charge in [0.05, 0.1) is 27.8 Å². The van der Waals surface area contributed by atoms with Crippen LogP contribution in [0.4, 0.5) is 0 Å². The van der Waals surface area contributed by atoms with Gasteiger partial charge in [-0.2, -0.15) is 0 Å². The van der Waals surface area contributed by atoms with Crippen LogP contribution in [0.2, 0.25) is 0 Å². The molecule has 0 bridgehead atoms. The van der Waals surface area contributed by atoms with E-state index in [9.17, 15) is 4.79 Å². The Kier molecular flexibility index (Phi) is 3.72. The topological polar surface area (TPSA) is 64.2 Å². The standard InChI is InChI=1S/C18H15N5OS2/c24-16(15-10-14-17(26-15)21-18-23(14)8-9-25-18)19-6-3-7-22-11-20-12-4-1-2-5-13(12)22/h1-2,4-5,8-11H,3,6-7H2,(H,19,24). The number of para-hydroxylation sites is 2. The number of aryl methyl sites for hydroxylation is 1. The van der Waals surface area contributed by atoms with Crippen molar-refractivity contribution in [1.29, 1.82) is 0 Å². The summed E-state index contributed by atoms with van der Waals surface area (Å²) in [6, 6.07) is 9.99. The molecule has 1 aromatic carbocycles. The van der Waals surface area contributed by atoms with Crippen molar-refractivity contribution in [2.45, 2.75) is 13.0 Å². The molecule has 0 aliphatic carbocycles. The Labute approximate surface area is 156 Å². The van der Waals surface area contributed by atoms with Gasteiger partial charge in [0.15, 0.2) is 4.96 Å². The highest BCUT2D eigenvalue weighted by Crippen LogP contribution is 2.28. The van der Waals surface area contributed by atoms with Gasteiger partial charge in [-0.25, -0.2) is 9.97 Å². The van der Waals surface area contributed by atoms with Gasteiger partial charge in [0.2, 0.25) is 0 Å². The highest BCUT2D eigenvalue weighted by molar-refractivity contribution is 7.21. The van der Waals surface area contributed by atoms with E-state index in [2.05, 4.69) is 25.9 Å². The Morgan fingerprint density at radius 1 is 1.23 bits per heavy atom. The SMILES string of the molecule is O=C(NCCCn1cnc2ccccc21)c1cc2c(nc3sccn32)s1. The van der Waals surface area contributed by atoms with Gasteiger partial charge in [-0.05, 0) is 24.6 Å². The van der Waals surface area contributed by atoms with Gasteiger partial charge in [0.25, 0.3) is 5.91 Å². The van der Waals surface area contributed by atoms with Gasteiger partial charge in [0.1, 0.15) is 4.83 Å². The molecular weight excluding hydrogens is 366 g/mol. The zero-order chi connectivity index (χ0) is 17.5. The van der Waals surface area contributed by atoms with E-state index in [0.29, 0.717) is 11.4 Å². The third kappa shape index (κ3) is 2.58. The van der Waals surface area contributed by atoms with E-state index in [1.54, 1.807) is 11.3 Å². The summed E-state index contributed by atoms with van der Waals surface area (Å²) in [6.45, 7) is 1.45. The maximum Gasteiger partial charge on any atom is 0.261 e. The summed E-state index contributed by atoms with van der Waals surface area (Å²) in [6.07, 6.45) is 4.69. The Balaban J connectivity index is 1.22. The number of nitrogens with one attached hydrogen (secondary N) is 1. The first-order chi connectivity index (χ1) is 12.8. The number of thiophene rings is 1. The minimum Gasteiger partial charge on any atom is -0.351 e. The smallest absolute Gasteiger partial charge is 0.261 e. The van der Waals surface area contributed by atoms with Crippen molar-refractivity contribution in [2.75, 3.05) is 6.54 Å². The van der Waals surface area contributed by atoms with Crippen LogP contribution in [-0.4, -0.2) is 31.4 Å². The Hall–Kier alpha value is -2.71. The average molecular weight is 381 g/mol. The number of carbonyl (C=O) groups excluding carboxylic acids is 1. The van der Waals surface area contributed by atoms with Crippen LogP contribution in [0.3, 0.4) is 0 Å². The maximum atomic E-state index is 12.4. The van der Waals surface area contributed by atoms with Gasteiger partial charge in [-0.15, -0.1) is 22.7 Å². The molecule has 1 amide bonds. The molecule has 0 fully saturated rings. The summed E-state index contributed by atoms with van der Waals surface area (Å²) < 4.78 is 4.15. The van der Waals surface area contributed by atoms with Crippen LogP contribution in [0.5, 0.6) is 0 Å². The third-order valence-electron chi connectivity index (χ3n) is 4.35. The third-order valence-corrected chi connectivity index (χ3v) is 6.13. The lowest BCUT2D eigenvalue weighted by Gasteiger charge is -2.05. The van der Waals surface area contributed by atoms with E-state index in [1.807, 2.05) is 46.6 Å².